The van der Waals surface area contributed by atoms with E-state index in [1.165, 1.54) is 0 Å². The monoisotopic (exact) mass is 310 g/mol. The number of ether oxygens (including phenoxy) is 1. The van der Waals surface area contributed by atoms with Crippen molar-refractivity contribution in [2.24, 2.45) is 0 Å². The molecule has 0 aliphatic carbocycles. The van der Waals surface area contributed by atoms with Gasteiger partial charge in [-0.3, -0.25) is 0 Å². The van der Waals surface area contributed by atoms with Gasteiger partial charge >= 0.3 is 0 Å². The molecule has 2 rings (SSSR count). The first kappa shape index (κ1) is 16.6. The third-order valence-electron chi connectivity index (χ3n) is 4.03. The van der Waals surface area contributed by atoms with Crippen molar-refractivity contribution in [3.8, 4) is 0 Å². The topological polar surface area (TPSA) is 25.4 Å². The molecule has 1 aliphatic heterocycles. The zero-order valence-corrected chi connectivity index (χ0v) is 14.6. The highest BCUT2D eigenvalue weighted by Crippen LogP contribution is 2.28. The van der Waals surface area contributed by atoms with Gasteiger partial charge in [0.05, 0.1) is 18.8 Å². The lowest BCUT2D eigenvalue weighted by atomic mass is 9.91. The normalized spacial score (nSPS) is 23.4. The molecule has 0 spiro atoms. The fourth-order valence-corrected chi connectivity index (χ4v) is 2.80. The highest BCUT2D eigenvalue weighted by molar-refractivity contribution is 6.17. The number of alkyl halides is 1. The minimum Gasteiger partial charge on any atom is -0.375 e. The first-order chi connectivity index (χ1) is 9.85. The van der Waals surface area contributed by atoms with Gasteiger partial charge in [0.2, 0.25) is 0 Å². The number of anilines is 1. The summed E-state index contributed by atoms with van der Waals surface area (Å²) in [6, 6.07) is 4.65. The maximum atomic E-state index is 6.09. The van der Waals surface area contributed by atoms with Crippen LogP contribution in [-0.4, -0.2) is 30.3 Å². The average molecular weight is 311 g/mol. The van der Waals surface area contributed by atoms with Gasteiger partial charge in [0.15, 0.2) is 0 Å². The molecular formula is C17H27ClN2O. The largest absolute Gasteiger partial charge is 0.375 e. The van der Waals surface area contributed by atoms with Crippen molar-refractivity contribution in [1.82, 2.24) is 4.98 Å². The van der Waals surface area contributed by atoms with E-state index in [1.807, 2.05) is 0 Å². The van der Waals surface area contributed by atoms with Crippen LogP contribution in [0, 0.1) is 0 Å². The van der Waals surface area contributed by atoms with E-state index in [2.05, 4.69) is 51.7 Å². The molecule has 0 amide bonds. The van der Waals surface area contributed by atoms with Crippen molar-refractivity contribution in [2.45, 2.75) is 64.5 Å². The van der Waals surface area contributed by atoms with Crippen LogP contribution in [-0.2, 0) is 16.0 Å². The quantitative estimate of drug-likeness (QED) is 0.785. The van der Waals surface area contributed by atoms with Gasteiger partial charge in [0.1, 0.15) is 5.82 Å². The van der Waals surface area contributed by atoms with Crippen molar-refractivity contribution < 1.29 is 4.74 Å². The van der Waals surface area contributed by atoms with Gasteiger partial charge < -0.3 is 9.64 Å². The number of rotatable bonds is 3. The van der Waals surface area contributed by atoms with E-state index in [1.54, 1.807) is 0 Å². The summed E-state index contributed by atoms with van der Waals surface area (Å²) < 4.78 is 5.79. The van der Waals surface area contributed by atoms with Gasteiger partial charge in [0.25, 0.3) is 0 Å². The Morgan fingerprint density at radius 1 is 1.38 bits per heavy atom. The van der Waals surface area contributed by atoms with Crippen LogP contribution in [0.4, 0.5) is 5.82 Å². The van der Waals surface area contributed by atoms with Crippen LogP contribution in [0.1, 0.15) is 52.3 Å². The minimum absolute atomic E-state index is 0.0242. The molecule has 0 aromatic carbocycles. The van der Waals surface area contributed by atoms with Gasteiger partial charge in [-0.25, -0.2) is 4.98 Å². The van der Waals surface area contributed by atoms with Crippen LogP contribution in [0.2, 0.25) is 0 Å². The second-order valence-corrected chi connectivity index (χ2v) is 7.23. The van der Waals surface area contributed by atoms with Crippen LogP contribution >= 0.6 is 11.6 Å². The van der Waals surface area contributed by atoms with Crippen LogP contribution in [0.3, 0.4) is 0 Å². The maximum Gasteiger partial charge on any atom is 0.129 e. The molecule has 0 saturated carbocycles. The van der Waals surface area contributed by atoms with Crippen molar-refractivity contribution in [3.05, 3.63) is 23.4 Å². The predicted octanol–water partition coefficient (Wildman–Crippen LogP) is 4.12. The highest BCUT2D eigenvalue weighted by Gasteiger charge is 2.28. The fraction of sp³-hybridized carbons (Fsp3) is 0.706. The molecule has 118 valence electrons. The first-order valence-corrected chi connectivity index (χ1v) is 8.34. The molecule has 1 aromatic rings. The third-order valence-corrected chi connectivity index (χ3v) is 4.34. The van der Waals surface area contributed by atoms with E-state index in [9.17, 15) is 0 Å². The number of hydrogen-bond acceptors (Lipinski definition) is 3. The Balaban J connectivity index is 2.41. The van der Waals surface area contributed by atoms with Crippen LogP contribution in [0.15, 0.2) is 12.1 Å². The predicted molar refractivity (Wildman–Crippen MR) is 89.3 cm³/mol. The Hall–Kier alpha value is -0.800. The van der Waals surface area contributed by atoms with Gasteiger partial charge in [-0.05, 0) is 31.0 Å². The number of hydrogen-bond donors (Lipinski definition) is 0. The second kappa shape index (κ2) is 6.53. The lowest BCUT2D eigenvalue weighted by molar-refractivity contribution is 0.0296. The zero-order chi connectivity index (χ0) is 15.6. The summed E-state index contributed by atoms with van der Waals surface area (Å²) >= 11 is 6.09. The summed E-state index contributed by atoms with van der Waals surface area (Å²) in [5.74, 6) is 1.56. The summed E-state index contributed by atoms with van der Waals surface area (Å²) in [4.78, 5) is 7.31. The molecular weight excluding hydrogens is 284 g/mol. The molecule has 1 aromatic heterocycles. The number of morpholine rings is 1. The number of aromatic nitrogens is 1. The van der Waals surface area contributed by atoms with E-state index in [4.69, 9.17) is 21.3 Å². The molecule has 1 aliphatic rings. The molecule has 21 heavy (non-hydrogen) atoms. The van der Waals surface area contributed by atoms with E-state index in [0.29, 0.717) is 11.9 Å². The Morgan fingerprint density at radius 3 is 2.67 bits per heavy atom. The number of halogens is 1. The molecule has 1 fully saturated rings. The van der Waals surface area contributed by atoms with Crippen LogP contribution in [0.5, 0.6) is 0 Å². The Morgan fingerprint density at radius 2 is 2.10 bits per heavy atom. The van der Waals surface area contributed by atoms with Gasteiger partial charge in [-0.1, -0.05) is 27.7 Å². The van der Waals surface area contributed by atoms with E-state index >= 15 is 0 Å². The SMILES string of the molecule is CCC1COC(C)CN1c1cc(CCl)cc(C(C)(C)C)n1. The Kier molecular flexibility index (Phi) is 5.15. The molecule has 4 heteroatoms. The van der Waals surface area contributed by atoms with Crippen LogP contribution in [0.25, 0.3) is 0 Å². The summed E-state index contributed by atoms with van der Waals surface area (Å²) in [5, 5.41) is 0. The summed E-state index contributed by atoms with van der Waals surface area (Å²) in [7, 11) is 0. The number of pyridine rings is 1. The molecule has 2 heterocycles. The highest BCUT2D eigenvalue weighted by atomic mass is 35.5. The summed E-state index contributed by atoms with van der Waals surface area (Å²) in [6.45, 7) is 12.6. The molecule has 2 atom stereocenters. The molecule has 0 radical (unpaired) electrons. The van der Waals surface area contributed by atoms with Gasteiger partial charge in [-0.15, -0.1) is 11.6 Å². The molecule has 1 saturated heterocycles. The molecule has 0 N–H and O–H groups in total. The van der Waals surface area contributed by atoms with Crippen molar-refractivity contribution in [2.75, 3.05) is 18.1 Å². The third kappa shape index (κ3) is 3.89. The lowest BCUT2D eigenvalue weighted by Crippen LogP contribution is -2.49. The first-order valence-electron chi connectivity index (χ1n) is 7.80. The van der Waals surface area contributed by atoms with E-state index < -0.39 is 0 Å². The maximum absolute atomic E-state index is 6.09. The standard InChI is InChI=1S/C17H27ClN2O/c1-6-14-11-21-12(2)10-20(14)16-8-13(9-18)7-15(19-16)17(3,4)5/h7-8,12,14H,6,9-11H2,1-5H3. The van der Waals surface area contributed by atoms with Crippen molar-refractivity contribution >= 4 is 17.4 Å². The smallest absolute Gasteiger partial charge is 0.129 e. The van der Waals surface area contributed by atoms with Gasteiger partial charge in [0, 0.05) is 23.5 Å². The Bertz CT molecular complexity index is 484. The molecule has 0 bridgehead atoms. The van der Waals surface area contributed by atoms with E-state index in [0.717, 1.165) is 36.6 Å². The fourth-order valence-electron chi connectivity index (χ4n) is 2.64. The zero-order valence-electron chi connectivity index (χ0n) is 13.8. The van der Waals surface area contributed by atoms with Crippen LogP contribution < -0.4 is 4.90 Å². The average Bonchev–Trinajstić information content (AvgIpc) is 2.45. The van der Waals surface area contributed by atoms with Crippen molar-refractivity contribution in [3.63, 3.8) is 0 Å². The summed E-state index contributed by atoms with van der Waals surface area (Å²) in [5.41, 5.74) is 2.27. The Labute approximate surface area is 133 Å². The second-order valence-electron chi connectivity index (χ2n) is 6.96. The molecule has 3 nitrogen and oxygen atoms in total. The molecule has 2 unspecified atom stereocenters. The minimum atomic E-state index is 0.0242. The van der Waals surface area contributed by atoms with E-state index in [-0.39, 0.29) is 11.5 Å². The van der Waals surface area contributed by atoms with Gasteiger partial charge in [-0.2, -0.15) is 0 Å². The van der Waals surface area contributed by atoms with Crippen molar-refractivity contribution in [1.29, 1.82) is 0 Å². The number of nitrogens with zero attached hydrogens (tertiary/aromatic N) is 2. The summed E-state index contributed by atoms with van der Waals surface area (Å²) in [6.07, 6.45) is 1.30. The lowest BCUT2D eigenvalue weighted by Gasteiger charge is -2.39.